The lowest BCUT2D eigenvalue weighted by Crippen LogP contribution is -2.50. The van der Waals surface area contributed by atoms with Gasteiger partial charge in [-0.15, -0.1) is 0 Å². The lowest BCUT2D eigenvalue weighted by Gasteiger charge is -2.39. The first kappa shape index (κ1) is 17.0. The van der Waals surface area contributed by atoms with Crippen molar-refractivity contribution in [1.29, 1.82) is 0 Å². The third kappa shape index (κ3) is 4.08. The van der Waals surface area contributed by atoms with E-state index in [1.165, 1.54) is 5.56 Å². The zero-order valence-electron chi connectivity index (χ0n) is 14.1. The summed E-state index contributed by atoms with van der Waals surface area (Å²) < 4.78 is 0. The number of piperidine rings is 1. The first-order valence-corrected chi connectivity index (χ1v) is 8.17. The van der Waals surface area contributed by atoms with Crippen LogP contribution >= 0.6 is 0 Å². The number of rotatable bonds is 5. The minimum Gasteiger partial charge on any atom is -0.342 e. The van der Waals surface area contributed by atoms with E-state index in [1.807, 2.05) is 25.8 Å². The second-order valence-corrected chi connectivity index (χ2v) is 7.00. The molecule has 0 atom stereocenters. The van der Waals surface area contributed by atoms with Crippen molar-refractivity contribution in [3.63, 3.8) is 0 Å². The number of hydrogen-bond donors (Lipinski definition) is 1. The molecule has 0 aliphatic carbocycles. The van der Waals surface area contributed by atoms with E-state index in [0.717, 1.165) is 32.5 Å². The minimum atomic E-state index is -0.462. The molecule has 0 saturated carbocycles. The molecule has 1 aliphatic heterocycles. The van der Waals surface area contributed by atoms with Crippen LogP contribution in [0.5, 0.6) is 0 Å². The van der Waals surface area contributed by atoms with Crippen LogP contribution in [0.1, 0.15) is 32.3 Å². The Balaban J connectivity index is 1.85. The van der Waals surface area contributed by atoms with Crippen molar-refractivity contribution in [2.24, 2.45) is 11.1 Å². The fraction of sp³-hybridized carbons (Fsp3) is 0.611. The smallest absolute Gasteiger partial charge is 0.229 e. The summed E-state index contributed by atoms with van der Waals surface area (Å²) in [7, 11) is 1.93. The lowest BCUT2D eigenvalue weighted by atomic mass is 9.90. The van der Waals surface area contributed by atoms with Crippen LogP contribution < -0.4 is 5.73 Å². The summed E-state index contributed by atoms with van der Waals surface area (Å²) in [6, 6.07) is 10.9. The molecule has 0 unspecified atom stereocenters. The predicted molar refractivity (Wildman–Crippen MR) is 90.3 cm³/mol. The van der Waals surface area contributed by atoms with Crippen molar-refractivity contribution in [2.75, 3.05) is 26.7 Å². The molecular formula is C18H29N3O. The Bertz CT molecular complexity index is 478. The van der Waals surface area contributed by atoms with Crippen LogP contribution in [-0.4, -0.2) is 48.4 Å². The molecule has 4 heteroatoms. The summed E-state index contributed by atoms with van der Waals surface area (Å²) in [4.78, 5) is 16.9. The molecule has 1 aromatic carbocycles. The molecule has 22 heavy (non-hydrogen) atoms. The van der Waals surface area contributed by atoms with Gasteiger partial charge < -0.3 is 10.6 Å². The van der Waals surface area contributed by atoms with E-state index in [0.29, 0.717) is 12.6 Å². The second kappa shape index (κ2) is 7.25. The van der Waals surface area contributed by atoms with Crippen molar-refractivity contribution in [3.05, 3.63) is 35.9 Å². The largest absolute Gasteiger partial charge is 0.342 e. The van der Waals surface area contributed by atoms with E-state index in [4.69, 9.17) is 5.73 Å². The van der Waals surface area contributed by atoms with E-state index in [-0.39, 0.29) is 5.91 Å². The number of amides is 1. The fourth-order valence-corrected chi connectivity index (χ4v) is 3.04. The van der Waals surface area contributed by atoms with E-state index in [1.54, 1.807) is 0 Å². The molecule has 1 amide bonds. The maximum Gasteiger partial charge on any atom is 0.229 e. The third-order valence-electron chi connectivity index (χ3n) is 4.76. The van der Waals surface area contributed by atoms with Gasteiger partial charge in [0.05, 0.1) is 5.41 Å². The monoisotopic (exact) mass is 303 g/mol. The van der Waals surface area contributed by atoms with Gasteiger partial charge in [-0.3, -0.25) is 9.69 Å². The van der Waals surface area contributed by atoms with Crippen LogP contribution in [0.2, 0.25) is 0 Å². The van der Waals surface area contributed by atoms with Crippen LogP contribution in [-0.2, 0) is 11.3 Å². The maximum absolute atomic E-state index is 12.5. The van der Waals surface area contributed by atoms with Crippen molar-refractivity contribution in [2.45, 2.75) is 39.3 Å². The number of benzene rings is 1. The van der Waals surface area contributed by atoms with Crippen LogP contribution in [0.4, 0.5) is 0 Å². The predicted octanol–water partition coefficient (Wildman–Crippen LogP) is 2.09. The molecule has 2 N–H and O–H groups in total. The molecule has 1 aliphatic rings. The number of carbonyl (C=O) groups is 1. The molecule has 1 aromatic rings. The summed E-state index contributed by atoms with van der Waals surface area (Å²) in [5.74, 6) is 0.163. The van der Waals surface area contributed by atoms with Crippen LogP contribution in [0.3, 0.4) is 0 Å². The van der Waals surface area contributed by atoms with Gasteiger partial charge in [0.2, 0.25) is 5.91 Å². The number of likely N-dealkylation sites (tertiary alicyclic amines) is 1. The molecule has 1 fully saturated rings. The van der Waals surface area contributed by atoms with Crippen LogP contribution in [0.15, 0.2) is 30.3 Å². The number of hydrogen-bond acceptors (Lipinski definition) is 3. The Morgan fingerprint density at radius 2 is 1.86 bits per heavy atom. The van der Waals surface area contributed by atoms with Gasteiger partial charge >= 0.3 is 0 Å². The van der Waals surface area contributed by atoms with E-state index < -0.39 is 5.41 Å². The Morgan fingerprint density at radius 3 is 2.41 bits per heavy atom. The van der Waals surface area contributed by atoms with Crippen LogP contribution in [0.25, 0.3) is 0 Å². The average Bonchev–Trinajstić information content (AvgIpc) is 2.55. The van der Waals surface area contributed by atoms with Gasteiger partial charge in [-0.25, -0.2) is 0 Å². The second-order valence-electron chi connectivity index (χ2n) is 7.00. The summed E-state index contributed by atoms with van der Waals surface area (Å²) in [6.45, 7) is 7.33. The fourth-order valence-electron chi connectivity index (χ4n) is 3.04. The summed E-state index contributed by atoms with van der Waals surface area (Å²) in [5, 5.41) is 0. The quantitative estimate of drug-likeness (QED) is 0.906. The molecule has 1 saturated heterocycles. The molecule has 0 aromatic heterocycles. The summed E-state index contributed by atoms with van der Waals surface area (Å²) >= 11 is 0. The van der Waals surface area contributed by atoms with Gasteiger partial charge in [0.15, 0.2) is 0 Å². The van der Waals surface area contributed by atoms with Gasteiger partial charge in [-0.2, -0.15) is 0 Å². The molecule has 1 heterocycles. The maximum atomic E-state index is 12.5. The third-order valence-corrected chi connectivity index (χ3v) is 4.76. The highest BCUT2D eigenvalue weighted by Gasteiger charge is 2.33. The van der Waals surface area contributed by atoms with Gasteiger partial charge in [-0.05, 0) is 32.3 Å². The SMILES string of the molecule is CN(C(=O)C(C)(C)CN)C1CCN(Cc2ccccc2)CC1. The number of nitrogens with zero attached hydrogens (tertiary/aromatic N) is 2. The molecule has 0 spiro atoms. The lowest BCUT2D eigenvalue weighted by molar-refractivity contribution is -0.141. The highest BCUT2D eigenvalue weighted by atomic mass is 16.2. The van der Waals surface area contributed by atoms with Gasteiger partial charge in [0, 0.05) is 39.3 Å². The Labute approximate surface area is 134 Å². The highest BCUT2D eigenvalue weighted by Crippen LogP contribution is 2.23. The Hall–Kier alpha value is -1.39. The first-order valence-electron chi connectivity index (χ1n) is 8.17. The summed E-state index contributed by atoms with van der Waals surface area (Å²) in [6.07, 6.45) is 2.07. The topological polar surface area (TPSA) is 49.6 Å². The molecule has 4 nitrogen and oxygen atoms in total. The standard InChI is InChI=1S/C18H29N3O/c1-18(2,14-19)17(22)20(3)16-9-11-21(12-10-16)13-15-7-5-4-6-8-15/h4-8,16H,9-14,19H2,1-3H3. The first-order chi connectivity index (χ1) is 10.4. The number of carbonyl (C=O) groups excluding carboxylic acids is 1. The van der Waals surface area contributed by atoms with Crippen molar-refractivity contribution >= 4 is 5.91 Å². The van der Waals surface area contributed by atoms with Gasteiger partial charge in [0.1, 0.15) is 0 Å². The minimum absolute atomic E-state index is 0.163. The molecule has 0 bridgehead atoms. The zero-order valence-corrected chi connectivity index (χ0v) is 14.1. The van der Waals surface area contributed by atoms with Crippen molar-refractivity contribution in [3.8, 4) is 0 Å². The van der Waals surface area contributed by atoms with Crippen molar-refractivity contribution < 1.29 is 4.79 Å². The van der Waals surface area contributed by atoms with E-state index in [2.05, 4.69) is 35.2 Å². The molecule has 2 rings (SSSR count). The van der Waals surface area contributed by atoms with Crippen molar-refractivity contribution in [1.82, 2.24) is 9.80 Å². The summed E-state index contributed by atoms with van der Waals surface area (Å²) in [5.41, 5.74) is 6.62. The normalized spacial score (nSPS) is 17.5. The average molecular weight is 303 g/mol. The van der Waals surface area contributed by atoms with E-state index in [9.17, 15) is 4.79 Å². The molecule has 122 valence electrons. The number of nitrogens with two attached hydrogens (primary N) is 1. The van der Waals surface area contributed by atoms with Crippen LogP contribution in [0, 0.1) is 5.41 Å². The Kier molecular flexibility index (Phi) is 5.59. The van der Waals surface area contributed by atoms with Gasteiger partial charge in [-0.1, -0.05) is 30.3 Å². The molecular weight excluding hydrogens is 274 g/mol. The van der Waals surface area contributed by atoms with Gasteiger partial charge in [0.25, 0.3) is 0 Å². The Morgan fingerprint density at radius 1 is 1.27 bits per heavy atom. The zero-order chi connectivity index (χ0) is 16.2. The van der Waals surface area contributed by atoms with E-state index >= 15 is 0 Å². The highest BCUT2D eigenvalue weighted by molar-refractivity contribution is 5.82. The molecule has 0 radical (unpaired) electrons.